The van der Waals surface area contributed by atoms with Crippen LogP contribution in [0.4, 0.5) is 10.1 Å². The van der Waals surface area contributed by atoms with Gasteiger partial charge in [-0.05, 0) is 55.2 Å². The van der Waals surface area contributed by atoms with Gasteiger partial charge in [-0.3, -0.25) is 4.79 Å². The average molecular weight is 269 g/mol. The lowest BCUT2D eigenvalue weighted by Crippen LogP contribution is -2.35. The minimum absolute atomic E-state index is 0.00402. The van der Waals surface area contributed by atoms with Crippen molar-refractivity contribution in [2.24, 2.45) is 0 Å². The number of carbonyl (C=O) groups is 1. The summed E-state index contributed by atoms with van der Waals surface area (Å²) < 4.78 is 13.3. The van der Waals surface area contributed by atoms with E-state index in [1.165, 1.54) is 12.1 Å². The van der Waals surface area contributed by atoms with Crippen molar-refractivity contribution in [1.29, 1.82) is 0 Å². The van der Waals surface area contributed by atoms with Gasteiger partial charge >= 0.3 is 0 Å². The van der Waals surface area contributed by atoms with Crippen LogP contribution in [0.15, 0.2) is 42.5 Å². The Kier molecular flexibility index (Phi) is 3.26. The van der Waals surface area contributed by atoms with Crippen LogP contribution in [0.25, 0.3) is 0 Å². The number of rotatable bonds is 1. The Hall–Kier alpha value is -2.16. The number of anilines is 1. The topological polar surface area (TPSA) is 20.3 Å². The van der Waals surface area contributed by atoms with Crippen LogP contribution in [0, 0.1) is 12.7 Å². The summed E-state index contributed by atoms with van der Waals surface area (Å²) in [5, 5.41) is 0. The molecule has 2 aromatic rings. The molecule has 0 unspecified atom stereocenters. The second-order valence-corrected chi connectivity index (χ2v) is 5.15. The number of aryl methyl sites for hydroxylation is 2. The van der Waals surface area contributed by atoms with Crippen LogP contribution in [0.1, 0.15) is 27.9 Å². The Morgan fingerprint density at radius 3 is 2.80 bits per heavy atom. The van der Waals surface area contributed by atoms with Gasteiger partial charge in [0.05, 0.1) is 0 Å². The van der Waals surface area contributed by atoms with Crippen LogP contribution in [-0.2, 0) is 6.42 Å². The molecule has 20 heavy (non-hydrogen) atoms. The maximum Gasteiger partial charge on any atom is 0.258 e. The predicted octanol–water partition coefficient (Wildman–Crippen LogP) is 3.73. The Bertz CT molecular complexity index is 666. The van der Waals surface area contributed by atoms with Gasteiger partial charge in [0.1, 0.15) is 5.82 Å². The summed E-state index contributed by atoms with van der Waals surface area (Å²) in [6.45, 7) is 2.62. The fourth-order valence-electron chi connectivity index (χ4n) is 2.73. The molecule has 2 aromatic carbocycles. The van der Waals surface area contributed by atoms with Crippen LogP contribution >= 0.6 is 0 Å². The lowest BCUT2D eigenvalue weighted by Gasteiger charge is -2.30. The molecule has 1 aliphatic heterocycles. The number of fused-ring (bicyclic) bond motifs is 1. The van der Waals surface area contributed by atoms with Gasteiger partial charge < -0.3 is 4.90 Å². The van der Waals surface area contributed by atoms with E-state index in [4.69, 9.17) is 0 Å². The highest BCUT2D eigenvalue weighted by atomic mass is 19.1. The highest BCUT2D eigenvalue weighted by molar-refractivity contribution is 6.07. The Labute approximate surface area is 117 Å². The molecule has 0 aromatic heterocycles. The Morgan fingerprint density at radius 2 is 2.00 bits per heavy atom. The van der Waals surface area contributed by atoms with E-state index in [1.54, 1.807) is 11.0 Å². The van der Waals surface area contributed by atoms with E-state index in [0.29, 0.717) is 12.1 Å². The van der Waals surface area contributed by atoms with Gasteiger partial charge in [0.15, 0.2) is 0 Å². The van der Waals surface area contributed by atoms with Crippen molar-refractivity contribution in [2.45, 2.75) is 19.8 Å². The third-order valence-electron chi connectivity index (χ3n) is 3.78. The zero-order chi connectivity index (χ0) is 14.1. The van der Waals surface area contributed by atoms with E-state index in [1.807, 2.05) is 31.2 Å². The Morgan fingerprint density at radius 1 is 1.20 bits per heavy atom. The molecule has 1 amide bonds. The van der Waals surface area contributed by atoms with Gasteiger partial charge in [-0.15, -0.1) is 0 Å². The third kappa shape index (κ3) is 2.20. The lowest BCUT2D eigenvalue weighted by atomic mass is 9.99. The normalized spacial score (nSPS) is 14.0. The highest BCUT2D eigenvalue weighted by Crippen LogP contribution is 2.29. The summed E-state index contributed by atoms with van der Waals surface area (Å²) in [6, 6.07) is 12.2. The molecule has 1 heterocycles. The molecule has 0 atom stereocenters. The molecule has 0 saturated carbocycles. The van der Waals surface area contributed by atoms with Gasteiger partial charge in [-0.25, -0.2) is 4.39 Å². The molecule has 0 radical (unpaired) electrons. The first-order valence-corrected chi connectivity index (χ1v) is 6.83. The molecule has 0 spiro atoms. The smallest absolute Gasteiger partial charge is 0.258 e. The van der Waals surface area contributed by atoms with Crippen LogP contribution < -0.4 is 4.90 Å². The number of hydrogen-bond acceptors (Lipinski definition) is 1. The van der Waals surface area contributed by atoms with Gasteiger partial charge in [0.25, 0.3) is 5.91 Å². The van der Waals surface area contributed by atoms with E-state index >= 15 is 0 Å². The fourth-order valence-corrected chi connectivity index (χ4v) is 2.73. The van der Waals surface area contributed by atoms with Crippen LogP contribution in [0.2, 0.25) is 0 Å². The van der Waals surface area contributed by atoms with Crippen molar-refractivity contribution < 1.29 is 9.18 Å². The molecular weight excluding hydrogens is 253 g/mol. The number of nitrogens with zero attached hydrogens (tertiary/aromatic N) is 1. The summed E-state index contributed by atoms with van der Waals surface area (Å²) in [5.74, 6) is -0.246. The molecule has 0 saturated heterocycles. The van der Waals surface area contributed by atoms with Gasteiger partial charge in [-0.1, -0.05) is 18.2 Å². The standard InChI is InChI=1S/C17H16FNO/c1-12-5-2-3-7-15(12)17(20)19-10-4-6-13-11-14(18)8-9-16(13)19/h2-3,5,7-9,11H,4,6,10H2,1H3. The second kappa shape index (κ2) is 5.08. The van der Waals surface area contributed by atoms with Crippen molar-refractivity contribution in [3.63, 3.8) is 0 Å². The quantitative estimate of drug-likeness (QED) is 0.772. The fraction of sp³-hybridized carbons (Fsp3) is 0.235. The monoisotopic (exact) mass is 269 g/mol. The van der Waals surface area contributed by atoms with Crippen molar-refractivity contribution in [3.8, 4) is 0 Å². The lowest BCUT2D eigenvalue weighted by molar-refractivity contribution is 0.0984. The maximum absolute atomic E-state index is 13.3. The average Bonchev–Trinajstić information content (AvgIpc) is 2.46. The molecule has 0 bridgehead atoms. The molecule has 1 aliphatic rings. The van der Waals surface area contributed by atoms with E-state index in [-0.39, 0.29) is 11.7 Å². The molecule has 0 N–H and O–H groups in total. The van der Waals surface area contributed by atoms with Crippen molar-refractivity contribution in [1.82, 2.24) is 0 Å². The van der Waals surface area contributed by atoms with Crippen LogP contribution in [0.3, 0.4) is 0 Å². The molecule has 0 fully saturated rings. The number of halogens is 1. The van der Waals surface area contributed by atoms with Crippen molar-refractivity contribution >= 4 is 11.6 Å². The third-order valence-corrected chi connectivity index (χ3v) is 3.78. The molecule has 2 nitrogen and oxygen atoms in total. The summed E-state index contributed by atoms with van der Waals surface area (Å²) in [5.41, 5.74) is 3.43. The molecular formula is C17H16FNO. The first kappa shape index (κ1) is 12.9. The van der Waals surface area contributed by atoms with E-state index in [0.717, 1.165) is 29.7 Å². The number of hydrogen-bond donors (Lipinski definition) is 0. The van der Waals surface area contributed by atoms with Crippen LogP contribution in [-0.4, -0.2) is 12.5 Å². The Balaban J connectivity index is 2.01. The minimum atomic E-state index is -0.242. The predicted molar refractivity (Wildman–Crippen MR) is 77.6 cm³/mol. The number of benzene rings is 2. The zero-order valence-corrected chi connectivity index (χ0v) is 11.4. The molecule has 3 heteroatoms. The van der Waals surface area contributed by atoms with E-state index in [2.05, 4.69) is 0 Å². The maximum atomic E-state index is 13.3. The summed E-state index contributed by atoms with van der Waals surface area (Å²) >= 11 is 0. The minimum Gasteiger partial charge on any atom is -0.308 e. The van der Waals surface area contributed by atoms with Gasteiger partial charge in [-0.2, -0.15) is 0 Å². The van der Waals surface area contributed by atoms with Crippen molar-refractivity contribution in [2.75, 3.05) is 11.4 Å². The highest BCUT2D eigenvalue weighted by Gasteiger charge is 2.24. The zero-order valence-electron chi connectivity index (χ0n) is 11.4. The van der Waals surface area contributed by atoms with E-state index < -0.39 is 0 Å². The molecule has 0 aliphatic carbocycles. The van der Waals surface area contributed by atoms with E-state index in [9.17, 15) is 9.18 Å². The van der Waals surface area contributed by atoms with Gasteiger partial charge in [0.2, 0.25) is 0 Å². The van der Waals surface area contributed by atoms with Gasteiger partial charge in [0, 0.05) is 17.8 Å². The first-order chi connectivity index (χ1) is 9.66. The molecule has 3 rings (SSSR count). The summed E-state index contributed by atoms with van der Waals surface area (Å²) in [7, 11) is 0. The summed E-state index contributed by atoms with van der Waals surface area (Å²) in [4.78, 5) is 14.5. The first-order valence-electron chi connectivity index (χ1n) is 6.83. The summed E-state index contributed by atoms with van der Waals surface area (Å²) in [6.07, 6.45) is 1.69. The second-order valence-electron chi connectivity index (χ2n) is 5.15. The number of carbonyl (C=O) groups excluding carboxylic acids is 1. The largest absolute Gasteiger partial charge is 0.308 e. The van der Waals surface area contributed by atoms with Crippen molar-refractivity contribution in [3.05, 3.63) is 65.0 Å². The molecule has 102 valence electrons. The van der Waals surface area contributed by atoms with Crippen LogP contribution in [0.5, 0.6) is 0 Å². The number of amides is 1. The SMILES string of the molecule is Cc1ccccc1C(=O)N1CCCc2cc(F)ccc21.